The highest BCUT2D eigenvalue weighted by atomic mass is 79.9. The van der Waals surface area contributed by atoms with E-state index in [0.717, 1.165) is 13.2 Å². The van der Waals surface area contributed by atoms with Crippen LogP contribution in [0.3, 0.4) is 0 Å². The predicted molar refractivity (Wildman–Crippen MR) is 123 cm³/mol. The van der Waals surface area contributed by atoms with Crippen LogP contribution in [-0.4, -0.2) is 20.8 Å². The maximum absolute atomic E-state index is 14.0. The van der Waals surface area contributed by atoms with Gasteiger partial charge in [-0.15, -0.1) is 11.6 Å². The molecule has 0 radical (unpaired) electrons. The third-order valence-electron chi connectivity index (χ3n) is 4.07. The van der Waals surface area contributed by atoms with Gasteiger partial charge in [-0.2, -0.15) is 18.3 Å². The molecule has 4 nitrogen and oxygen atoms in total. The fourth-order valence-electron chi connectivity index (χ4n) is 2.56. The van der Waals surface area contributed by atoms with Crippen LogP contribution in [0, 0.1) is 23.3 Å². The summed E-state index contributed by atoms with van der Waals surface area (Å²) >= 11 is 8.85. The summed E-state index contributed by atoms with van der Waals surface area (Å²) in [4.78, 5) is 0. The summed E-state index contributed by atoms with van der Waals surface area (Å²) in [5.41, 5.74) is -1.33. The molecule has 3 aromatic rings. The minimum Gasteiger partial charge on any atom is -0.354 e. The van der Waals surface area contributed by atoms with E-state index in [9.17, 15) is 35.1 Å². The first kappa shape index (κ1) is 31.4. The number of hydrogen-bond donors (Lipinski definition) is 0. The van der Waals surface area contributed by atoms with Crippen LogP contribution in [0.4, 0.5) is 35.1 Å². The van der Waals surface area contributed by atoms with Crippen LogP contribution in [0.15, 0.2) is 45.3 Å². The van der Waals surface area contributed by atoms with Crippen LogP contribution >= 0.6 is 27.5 Å². The molecule has 0 fully saturated rings. The number of aromatic nitrogens is 3. The number of allylic oxidation sites excluding steroid dienone is 4. The van der Waals surface area contributed by atoms with Crippen molar-refractivity contribution in [3.05, 3.63) is 75.4 Å². The Morgan fingerprint density at radius 2 is 1.58 bits per heavy atom. The van der Waals surface area contributed by atoms with Crippen molar-refractivity contribution in [2.75, 3.05) is 5.88 Å². The van der Waals surface area contributed by atoms with Gasteiger partial charge in [0.1, 0.15) is 11.5 Å². The average molecular weight is 609 g/mol. The first-order valence-electron chi connectivity index (χ1n) is 9.95. The van der Waals surface area contributed by atoms with Crippen LogP contribution < -0.4 is 0 Å². The van der Waals surface area contributed by atoms with E-state index in [1.807, 2.05) is 13.8 Å². The molecule has 2 aromatic heterocycles. The van der Waals surface area contributed by atoms with Gasteiger partial charge in [0.15, 0.2) is 34.7 Å². The molecule has 0 aliphatic rings. The summed E-state index contributed by atoms with van der Waals surface area (Å²) in [5.74, 6) is -6.66. The Labute approximate surface area is 214 Å². The summed E-state index contributed by atoms with van der Waals surface area (Å²) in [7, 11) is 1.16. The SMILES string of the molecule is C/C=C\C(F)=C(/CCl)c1noc(-c2cnn(C)c2C(F)(F)F)c1Br.CC.Fc1cc(F)c(F)cc1F. The number of hydrogen-bond acceptors (Lipinski definition) is 3. The van der Waals surface area contributed by atoms with Gasteiger partial charge in [-0.25, -0.2) is 22.0 Å². The van der Waals surface area contributed by atoms with Gasteiger partial charge in [-0.1, -0.05) is 25.1 Å². The Morgan fingerprint density at radius 3 is 2.00 bits per heavy atom. The van der Waals surface area contributed by atoms with E-state index >= 15 is 0 Å². The minimum atomic E-state index is -4.64. The smallest absolute Gasteiger partial charge is 0.354 e. The van der Waals surface area contributed by atoms with Gasteiger partial charge in [0.2, 0.25) is 0 Å². The molecule has 0 unspecified atom stereocenters. The molecule has 1 aromatic carbocycles. The van der Waals surface area contributed by atoms with Crippen molar-refractivity contribution < 1.29 is 39.6 Å². The lowest BCUT2D eigenvalue weighted by atomic mass is 10.1. The molecule has 3 rings (SSSR count). The third-order valence-corrected chi connectivity index (χ3v) is 5.07. The molecule has 0 aliphatic heterocycles. The summed E-state index contributed by atoms with van der Waals surface area (Å²) in [5, 5.41) is 7.26. The lowest BCUT2D eigenvalue weighted by Crippen LogP contribution is -2.13. The molecular weight excluding hydrogens is 590 g/mol. The van der Waals surface area contributed by atoms with Gasteiger partial charge >= 0.3 is 6.18 Å². The highest BCUT2D eigenvalue weighted by molar-refractivity contribution is 9.10. The van der Waals surface area contributed by atoms with E-state index in [0.29, 0.717) is 4.68 Å². The molecule has 0 spiro atoms. The average Bonchev–Trinajstić information content (AvgIpc) is 3.37. The summed E-state index contributed by atoms with van der Waals surface area (Å²) in [6, 6.07) is 0.315. The van der Waals surface area contributed by atoms with Crippen LogP contribution in [-0.2, 0) is 13.2 Å². The third kappa shape index (κ3) is 7.42. The van der Waals surface area contributed by atoms with Crippen molar-refractivity contribution >= 4 is 33.1 Å². The number of alkyl halides is 4. The minimum absolute atomic E-state index is 0.00547. The molecule has 0 bridgehead atoms. The van der Waals surface area contributed by atoms with Gasteiger partial charge < -0.3 is 4.52 Å². The molecule has 0 saturated heterocycles. The number of benzene rings is 1. The van der Waals surface area contributed by atoms with E-state index in [1.165, 1.54) is 12.2 Å². The van der Waals surface area contributed by atoms with E-state index in [4.69, 9.17) is 16.1 Å². The molecule has 0 saturated carbocycles. The van der Waals surface area contributed by atoms with E-state index in [2.05, 4.69) is 26.2 Å². The molecule has 0 N–H and O–H groups in total. The van der Waals surface area contributed by atoms with Crippen molar-refractivity contribution in [2.24, 2.45) is 7.05 Å². The Bertz CT molecular complexity index is 1180. The van der Waals surface area contributed by atoms with E-state index in [1.54, 1.807) is 6.92 Å². The lowest BCUT2D eigenvalue weighted by molar-refractivity contribution is -0.143. The Morgan fingerprint density at radius 1 is 1.08 bits per heavy atom. The van der Waals surface area contributed by atoms with Gasteiger partial charge in [0, 0.05) is 24.8 Å². The van der Waals surface area contributed by atoms with Crippen LogP contribution in [0.5, 0.6) is 0 Å². The molecule has 0 atom stereocenters. The predicted octanol–water partition coefficient (Wildman–Crippen LogP) is 8.62. The zero-order chi connectivity index (χ0) is 27.8. The topological polar surface area (TPSA) is 43.9 Å². The Kier molecular flexibility index (Phi) is 11.8. The standard InChI is InChI=1S/C14H11BrClF4N3O.C6H2F4.C2H6/c1-3-4-9(17)7(5-16)11-10(15)12(24-22-11)8-6-21-23(2)13(8)14(18,19)20;7-3-1-4(8)6(10)2-5(3)9;1-2/h3-4,6H,5H2,1-2H3;1-2H;1-2H3/b4-3-,9-7-;;. The monoisotopic (exact) mass is 607 g/mol. The van der Waals surface area contributed by atoms with Gasteiger partial charge in [0.25, 0.3) is 0 Å². The molecule has 2 heterocycles. The molecule has 0 aliphatic carbocycles. The fourth-order valence-corrected chi connectivity index (χ4v) is 3.41. The van der Waals surface area contributed by atoms with Gasteiger partial charge in [-0.05, 0) is 28.9 Å². The van der Waals surface area contributed by atoms with Crippen molar-refractivity contribution in [1.82, 2.24) is 14.9 Å². The molecular formula is C22H19BrClF8N3O. The number of nitrogens with zero attached hydrogens (tertiary/aromatic N) is 3. The Balaban J connectivity index is 0.000000450. The fraction of sp³-hybridized carbons (Fsp3) is 0.273. The van der Waals surface area contributed by atoms with Crippen LogP contribution in [0.1, 0.15) is 32.2 Å². The largest absolute Gasteiger partial charge is 0.433 e. The normalized spacial score (nSPS) is 12.1. The second-order valence-corrected chi connectivity index (χ2v) is 7.40. The number of rotatable bonds is 4. The lowest BCUT2D eigenvalue weighted by Gasteiger charge is -2.08. The zero-order valence-corrected chi connectivity index (χ0v) is 21.5. The van der Waals surface area contributed by atoms with Crippen molar-refractivity contribution in [1.29, 1.82) is 0 Å². The Hall–Kier alpha value is -2.67. The van der Waals surface area contributed by atoms with E-state index < -0.39 is 41.0 Å². The van der Waals surface area contributed by atoms with Crippen molar-refractivity contribution in [2.45, 2.75) is 26.9 Å². The zero-order valence-electron chi connectivity index (χ0n) is 19.1. The van der Waals surface area contributed by atoms with Crippen LogP contribution in [0.2, 0.25) is 0 Å². The molecule has 198 valence electrons. The van der Waals surface area contributed by atoms with Crippen molar-refractivity contribution in [3.63, 3.8) is 0 Å². The van der Waals surface area contributed by atoms with E-state index in [-0.39, 0.29) is 45.1 Å². The summed E-state index contributed by atoms with van der Waals surface area (Å²) in [6.45, 7) is 5.61. The second-order valence-electron chi connectivity index (χ2n) is 6.34. The maximum Gasteiger partial charge on any atom is 0.433 e. The summed E-state index contributed by atoms with van der Waals surface area (Å²) < 4.78 is 107. The van der Waals surface area contributed by atoms with Crippen molar-refractivity contribution in [3.8, 4) is 11.3 Å². The summed E-state index contributed by atoms with van der Waals surface area (Å²) in [6.07, 6.45) is -1.01. The molecule has 14 heteroatoms. The first-order chi connectivity index (χ1) is 16.8. The highest BCUT2D eigenvalue weighted by Crippen LogP contribution is 2.42. The quantitative estimate of drug-likeness (QED) is 0.129. The van der Waals surface area contributed by atoms with Crippen LogP contribution in [0.25, 0.3) is 16.9 Å². The number of aryl methyl sites for hydroxylation is 1. The molecule has 36 heavy (non-hydrogen) atoms. The second kappa shape index (κ2) is 13.6. The van der Waals surface area contributed by atoms with Gasteiger partial charge in [0.05, 0.1) is 22.1 Å². The molecule has 0 amide bonds. The van der Waals surface area contributed by atoms with Gasteiger partial charge in [-0.3, -0.25) is 4.68 Å². The maximum atomic E-state index is 14.0. The highest BCUT2D eigenvalue weighted by Gasteiger charge is 2.39. The first-order valence-corrected chi connectivity index (χ1v) is 11.3. The number of halogens is 10.